The molecule has 1 aromatic carbocycles. The zero-order valence-corrected chi connectivity index (χ0v) is 15.7. The smallest absolute Gasteiger partial charge is 0.167 e. The van der Waals surface area contributed by atoms with Crippen molar-refractivity contribution in [2.75, 3.05) is 26.2 Å². The lowest BCUT2D eigenvalue weighted by molar-refractivity contribution is 0.159. The zero-order chi connectivity index (χ0) is 15.4. The van der Waals surface area contributed by atoms with Crippen LogP contribution in [-0.4, -0.2) is 36.2 Å². The third-order valence-corrected chi connectivity index (χ3v) is 4.36. The van der Waals surface area contributed by atoms with E-state index in [1.165, 1.54) is 0 Å². The standard InChI is InChI=1S/C15H19BrF2N2O.2ClH/c1-2-3-4-12(20-7-5-19-6-8-20)13-14(18)11(17)9-10(16)15(13)21;;/h2,9,12,19,21H,1,3-8H2;2*1H/t12-;;/m0../s1. The van der Waals surface area contributed by atoms with Crippen LogP contribution >= 0.6 is 40.7 Å². The fourth-order valence-corrected chi connectivity index (χ4v) is 3.10. The van der Waals surface area contributed by atoms with Gasteiger partial charge >= 0.3 is 0 Å². The molecule has 1 saturated heterocycles. The molecule has 3 nitrogen and oxygen atoms in total. The van der Waals surface area contributed by atoms with Crippen LogP contribution in [0.2, 0.25) is 0 Å². The Labute approximate surface area is 156 Å². The van der Waals surface area contributed by atoms with E-state index >= 15 is 0 Å². The Morgan fingerprint density at radius 3 is 2.52 bits per heavy atom. The fraction of sp³-hybridized carbons (Fsp3) is 0.467. The molecule has 0 amide bonds. The number of phenols is 1. The summed E-state index contributed by atoms with van der Waals surface area (Å²) in [7, 11) is 0. The second-order valence-corrected chi connectivity index (χ2v) is 5.94. The van der Waals surface area contributed by atoms with Gasteiger partial charge in [-0.2, -0.15) is 0 Å². The van der Waals surface area contributed by atoms with Crippen molar-refractivity contribution in [2.24, 2.45) is 0 Å². The summed E-state index contributed by atoms with van der Waals surface area (Å²) in [5, 5.41) is 13.4. The van der Waals surface area contributed by atoms with Crippen LogP contribution < -0.4 is 5.32 Å². The van der Waals surface area contributed by atoms with Gasteiger partial charge in [0.2, 0.25) is 0 Å². The first-order chi connectivity index (χ1) is 10.1. The molecule has 0 bridgehead atoms. The van der Waals surface area contributed by atoms with Gasteiger partial charge in [0.25, 0.3) is 0 Å². The first-order valence-electron chi connectivity index (χ1n) is 6.98. The lowest BCUT2D eigenvalue weighted by atomic mass is 9.97. The molecule has 132 valence electrons. The Morgan fingerprint density at radius 2 is 1.96 bits per heavy atom. The summed E-state index contributed by atoms with van der Waals surface area (Å²) >= 11 is 3.08. The van der Waals surface area contributed by atoms with Crippen LogP contribution in [-0.2, 0) is 0 Å². The number of rotatable bonds is 5. The average Bonchev–Trinajstić information content (AvgIpc) is 2.49. The predicted octanol–water partition coefficient (Wildman–Crippen LogP) is 4.19. The maximum Gasteiger partial charge on any atom is 0.167 e. The van der Waals surface area contributed by atoms with Gasteiger partial charge in [-0.05, 0) is 34.8 Å². The molecule has 2 rings (SSSR count). The van der Waals surface area contributed by atoms with E-state index in [0.717, 1.165) is 32.2 Å². The SMILES string of the molecule is C=CCC[C@@H](c1c(O)c(Br)cc(F)c1F)N1CCNCC1.Cl.Cl. The number of piperazine rings is 1. The van der Waals surface area contributed by atoms with Crippen LogP contribution in [0.4, 0.5) is 8.78 Å². The molecule has 0 aromatic heterocycles. The lowest BCUT2D eigenvalue weighted by Crippen LogP contribution is -2.45. The van der Waals surface area contributed by atoms with Crippen molar-refractivity contribution in [3.63, 3.8) is 0 Å². The van der Waals surface area contributed by atoms with Crippen LogP contribution in [0.3, 0.4) is 0 Å². The van der Waals surface area contributed by atoms with Crippen molar-refractivity contribution in [3.05, 3.63) is 40.4 Å². The molecule has 0 radical (unpaired) electrons. The summed E-state index contributed by atoms with van der Waals surface area (Å²) in [4.78, 5) is 2.07. The molecular formula is C15H21BrCl2F2N2O. The van der Waals surface area contributed by atoms with E-state index in [4.69, 9.17) is 0 Å². The normalized spacial score (nSPS) is 16.1. The molecule has 0 unspecified atom stereocenters. The number of benzene rings is 1. The highest BCUT2D eigenvalue weighted by Crippen LogP contribution is 2.40. The van der Waals surface area contributed by atoms with E-state index < -0.39 is 11.6 Å². The monoisotopic (exact) mass is 432 g/mol. The molecule has 1 fully saturated rings. The van der Waals surface area contributed by atoms with Crippen LogP contribution in [0.15, 0.2) is 23.2 Å². The van der Waals surface area contributed by atoms with E-state index in [-0.39, 0.29) is 46.6 Å². The maximum absolute atomic E-state index is 14.3. The number of hydrogen-bond donors (Lipinski definition) is 2. The Hall–Kier alpha value is -0.400. The molecule has 1 aliphatic rings. The Kier molecular flexibility index (Phi) is 10.3. The van der Waals surface area contributed by atoms with Gasteiger partial charge in [0.15, 0.2) is 11.6 Å². The highest BCUT2D eigenvalue weighted by molar-refractivity contribution is 9.10. The Bertz CT molecular complexity index is 502. The van der Waals surface area contributed by atoms with Gasteiger partial charge in [-0.1, -0.05) is 6.08 Å². The molecule has 1 aromatic rings. The first-order valence-corrected chi connectivity index (χ1v) is 7.77. The topological polar surface area (TPSA) is 35.5 Å². The summed E-state index contributed by atoms with van der Waals surface area (Å²) in [5.74, 6) is -2.14. The Balaban J connectivity index is 0.00000242. The second-order valence-electron chi connectivity index (χ2n) is 5.08. The third-order valence-electron chi connectivity index (χ3n) is 3.75. The minimum Gasteiger partial charge on any atom is -0.506 e. The predicted molar refractivity (Wildman–Crippen MR) is 96.8 cm³/mol. The molecule has 2 N–H and O–H groups in total. The lowest BCUT2D eigenvalue weighted by Gasteiger charge is -2.35. The van der Waals surface area contributed by atoms with Crippen LogP contribution in [0, 0.1) is 11.6 Å². The highest BCUT2D eigenvalue weighted by atomic mass is 79.9. The second kappa shape index (κ2) is 10.5. The van der Waals surface area contributed by atoms with Crippen molar-refractivity contribution in [1.29, 1.82) is 0 Å². The summed E-state index contributed by atoms with van der Waals surface area (Å²) in [6, 6.07) is 0.591. The molecule has 1 heterocycles. The van der Waals surface area contributed by atoms with Crippen molar-refractivity contribution >= 4 is 40.7 Å². The Morgan fingerprint density at radius 1 is 1.35 bits per heavy atom. The third kappa shape index (κ3) is 5.29. The van der Waals surface area contributed by atoms with Crippen molar-refractivity contribution in [2.45, 2.75) is 18.9 Å². The van der Waals surface area contributed by atoms with Crippen molar-refractivity contribution in [3.8, 4) is 5.75 Å². The van der Waals surface area contributed by atoms with Gasteiger partial charge in [-0.15, -0.1) is 31.4 Å². The van der Waals surface area contributed by atoms with Gasteiger partial charge < -0.3 is 10.4 Å². The molecule has 1 atom stereocenters. The van der Waals surface area contributed by atoms with E-state index in [1.807, 2.05) is 0 Å². The molecule has 8 heteroatoms. The summed E-state index contributed by atoms with van der Waals surface area (Å²) in [6.07, 6.45) is 3.00. The van der Waals surface area contributed by atoms with Crippen LogP contribution in [0.25, 0.3) is 0 Å². The van der Waals surface area contributed by atoms with Gasteiger partial charge in [0.1, 0.15) is 5.75 Å². The van der Waals surface area contributed by atoms with Crippen molar-refractivity contribution in [1.82, 2.24) is 10.2 Å². The number of hydrogen-bond acceptors (Lipinski definition) is 3. The number of nitrogens with one attached hydrogen (secondary N) is 1. The quantitative estimate of drug-likeness (QED) is 0.539. The van der Waals surface area contributed by atoms with Gasteiger partial charge in [-0.3, -0.25) is 4.90 Å². The van der Waals surface area contributed by atoms with E-state index in [2.05, 4.69) is 32.7 Å². The molecular weight excluding hydrogens is 413 g/mol. The number of aromatic hydroxyl groups is 1. The molecule has 1 aliphatic heterocycles. The van der Waals surface area contributed by atoms with E-state index in [1.54, 1.807) is 6.08 Å². The van der Waals surface area contributed by atoms with Gasteiger partial charge in [0.05, 0.1) is 10.0 Å². The van der Waals surface area contributed by atoms with Gasteiger partial charge in [-0.25, -0.2) is 8.78 Å². The molecule has 0 saturated carbocycles. The van der Waals surface area contributed by atoms with E-state index in [0.29, 0.717) is 12.8 Å². The average molecular weight is 434 g/mol. The zero-order valence-electron chi connectivity index (χ0n) is 12.5. The number of nitrogens with zero attached hydrogens (tertiary/aromatic N) is 1. The van der Waals surface area contributed by atoms with Gasteiger partial charge in [0, 0.05) is 32.2 Å². The maximum atomic E-state index is 14.3. The number of phenolic OH excluding ortho intramolecular Hbond substituents is 1. The summed E-state index contributed by atoms with van der Waals surface area (Å²) in [6.45, 7) is 6.73. The fourth-order valence-electron chi connectivity index (χ4n) is 2.69. The van der Waals surface area contributed by atoms with Crippen molar-refractivity contribution < 1.29 is 13.9 Å². The summed E-state index contributed by atoms with van der Waals surface area (Å²) in [5.41, 5.74) is 0.0330. The highest BCUT2D eigenvalue weighted by Gasteiger charge is 2.29. The van der Waals surface area contributed by atoms with Crippen LogP contribution in [0.5, 0.6) is 5.75 Å². The largest absolute Gasteiger partial charge is 0.506 e. The minimum absolute atomic E-state index is 0. The molecule has 0 aliphatic carbocycles. The van der Waals surface area contributed by atoms with E-state index in [9.17, 15) is 13.9 Å². The summed E-state index contributed by atoms with van der Waals surface area (Å²) < 4.78 is 28.1. The number of halogens is 5. The molecule has 23 heavy (non-hydrogen) atoms. The first kappa shape index (κ1) is 22.6. The van der Waals surface area contributed by atoms with Crippen LogP contribution in [0.1, 0.15) is 24.4 Å². The number of allylic oxidation sites excluding steroid dienone is 1. The molecule has 0 spiro atoms. The minimum atomic E-state index is -0.969.